The van der Waals surface area contributed by atoms with Crippen LogP contribution in [0.25, 0.3) is 5.69 Å². The molecular formula is C24H25F3N4O3. The van der Waals surface area contributed by atoms with Gasteiger partial charge in [0.05, 0.1) is 29.7 Å². The molecule has 10 heteroatoms. The van der Waals surface area contributed by atoms with Crippen molar-refractivity contribution in [2.45, 2.75) is 50.4 Å². The molecule has 3 rings (SSSR count). The Balaban J connectivity index is 1.94. The number of halogens is 3. The number of carbonyl (C=O) groups excluding carboxylic acids is 1. The van der Waals surface area contributed by atoms with E-state index in [-0.39, 0.29) is 12.0 Å². The van der Waals surface area contributed by atoms with E-state index in [1.54, 1.807) is 19.1 Å². The lowest BCUT2D eigenvalue weighted by atomic mass is 9.89. The van der Waals surface area contributed by atoms with Gasteiger partial charge in [0.2, 0.25) is 0 Å². The van der Waals surface area contributed by atoms with Gasteiger partial charge in [-0.15, -0.1) is 0 Å². The largest absolute Gasteiger partial charge is 0.412 e. The monoisotopic (exact) mass is 474 g/mol. The number of carbonyl (C=O) groups is 1. The number of aliphatic hydroxyl groups is 1. The molecule has 1 unspecified atom stereocenters. The number of rotatable bonds is 8. The lowest BCUT2D eigenvalue weighted by Crippen LogP contribution is -2.51. The average Bonchev–Trinajstić information content (AvgIpc) is 2.80. The zero-order valence-electron chi connectivity index (χ0n) is 18.5. The van der Waals surface area contributed by atoms with E-state index in [9.17, 15) is 27.9 Å². The predicted octanol–water partition coefficient (Wildman–Crippen LogP) is 3.61. The van der Waals surface area contributed by atoms with E-state index in [0.717, 1.165) is 16.8 Å². The number of nitrogens with zero attached hydrogens (tertiary/aromatic N) is 3. The molecule has 180 valence electrons. The van der Waals surface area contributed by atoms with Crippen LogP contribution in [0.3, 0.4) is 0 Å². The Morgan fingerprint density at radius 3 is 2.74 bits per heavy atom. The second-order valence-electron chi connectivity index (χ2n) is 7.98. The number of alkyl halides is 3. The molecule has 1 aliphatic carbocycles. The second-order valence-corrected chi connectivity index (χ2v) is 7.98. The minimum absolute atomic E-state index is 0.185. The number of amides is 1. The van der Waals surface area contributed by atoms with Crippen LogP contribution in [0.2, 0.25) is 0 Å². The molecule has 0 radical (unpaired) electrons. The van der Waals surface area contributed by atoms with Gasteiger partial charge in [0.25, 0.3) is 11.5 Å². The SMILES string of the molecule is C=C/C=C(\CC=CC(C)c1cc(C(=O)N[C@@H]2CC[C@@H]2O)c(=O)n(-c2cccnc2)n1)C(F)(F)F. The summed E-state index contributed by atoms with van der Waals surface area (Å²) in [5, 5.41) is 16.7. The quantitative estimate of drug-likeness (QED) is 0.450. The normalized spacial score (nSPS) is 19.5. The topological polar surface area (TPSA) is 97.1 Å². The van der Waals surface area contributed by atoms with Gasteiger partial charge in [-0.05, 0) is 37.5 Å². The van der Waals surface area contributed by atoms with Gasteiger partial charge in [0, 0.05) is 17.7 Å². The van der Waals surface area contributed by atoms with E-state index in [2.05, 4.69) is 22.0 Å². The third-order valence-corrected chi connectivity index (χ3v) is 5.53. The summed E-state index contributed by atoms with van der Waals surface area (Å²) in [7, 11) is 0. The fourth-order valence-electron chi connectivity index (χ4n) is 3.37. The van der Waals surface area contributed by atoms with E-state index < -0.39 is 41.3 Å². The Hall–Kier alpha value is -3.53. The molecule has 0 bridgehead atoms. The molecule has 1 aliphatic rings. The van der Waals surface area contributed by atoms with Crippen LogP contribution in [-0.4, -0.2) is 44.1 Å². The number of aliphatic hydroxyl groups excluding tert-OH is 1. The summed E-state index contributed by atoms with van der Waals surface area (Å²) in [6, 6.07) is 4.09. The highest BCUT2D eigenvalue weighted by Crippen LogP contribution is 2.29. The lowest BCUT2D eigenvalue weighted by molar-refractivity contribution is -0.0929. The molecule has 0 spiro atoms. The first-order valence-corrected chi connectivity index (χ1v) is 10.7. The summed E-state index contributed by atoms with van der Waals surface area (Å²) >= 11 is 0. The van der Waals surface area contributed by atoms with Gasteiger partial charge in [-0.2, -0.15) is 23.0 Å². The van der Waals surface area contributed by atoms with E-state index in [1.807, 2.05) is 0 Å². The van der Waals surface area contributed by atoms with Crippen LogP contribution in [0, 0.1) is 0 Å². The van der Waals surface area contributed by atoms with Gasteiger partial charge >= 0.3 is 6.18 Å². The first kappa shape index (κ1) is 25.1. The zero-order chi connectivity index (χ0) is 24.9. The number of aromatic nitrogens is 3. The predicted molar refractivity (Wildman–Crippen MR) is 121 cm³/mol. The summed E-state index contributed by atoms with van der Waals surface area (Å²) in [5.41, 5.74) is -0.974. The molecule has 1 fully saturated rings. The Kier molecular flexibility index (Phi) is 7.83. The summed E-state index contributed by atoms with van der Waals surface area (Å²) < 4.78 is 40.3. The summed E-state index contributed by atoms with van der Waals surface area (Å²) in [6.07, 6.45) is 3.45. The number of allylic oxidation sites excluding steroid dienone is 5. The minimum Gasteiger partial charge on any atom is -0.391 e. The van der Waals surface area contributed by atoms with Crippen molar-refractivity contribution < 1.29 is 23.1 Å². The molecule has 2 heterocycles. The van der Waals surface area contributed by atoms with Gasteiger partial charge < -0.3 is 10.4 Å². The van der Waals surface area contributed by atoms with Crippen molar-refractivity contribution >= 4 is 5.91 Å². The van der Waals surface area contributed by atoms with Crippen LogP contribution in [-0.2, 0) is 0 Å². The average molecular weight is 474 g/mol. The number of hydrogen-bond acceptors (Lipinski definition) is 5. The molecule has 2 N–H and O–H groups in total. The zero-order valence-corrected chi connectivity index (χ0v) is 18.5. The van der Waals surface area contributed by atoms with E-state index >= 15 is 0 Å². The van der Waals surface area contributed by atoms with Crippen LogP contribution >= 0.6 is 0 Å². The lowest BCUT2D eigenvalue weighted by Gasteiger charge is -2.32. The van der Waals surface area contributed by atoms with Crippen molar-refractivity contribution in [3.05, 3.63) is 88.7 Å². The molecular weight excluding hydrogens is 449 g/mol. The molecule has 3 atom stereocenters. The Morgan fingerprint density at radius 2 is 2.18 bits per heavy atom. The molecule has 0 saturated heterocycles. The Morgan fingerprint density at radius 1 is 1.41 bits per heavy atom. The molecule has 0 aromatic carbocycles. The van der Waals surface area contributed by atoms with Gasteiger partial charge in [-0.3, -0.25) is 14.6 Å². The molecule has 1 amide bonds. The standard InChI is InChI=1S/C24H25F3N4O3/c1-3-6-16(24(25,26)27)8-4-7-15(2)20-13-18(22(33)29-19-10-11-21(19)32)23(34)31(30-20)17-9-5-12-28-14-17/h3-7,9,12-15,19,21,32H,1,8,10-11H2,2H3,(H,29,33)/b7-4?,16-6+/t15?,19-,21+/m1/s1. The van der Waals surface area contributed by atoms with Gasteiger partial charge in [-0.25, -0.2) is 0 Å². The second kappa shape index (κ2) is 10.6. The smallest absolute Gasteiger partial charge is 0.391 e. The summed E-state index contributed by atoms with van der Waals surface area (Å²) in [5.74, 6) is -1.16. The molecule has 34 heavy (non-hydrogen) atoms. The summed E-state index contributed by atoms with van der Waals surface area (Å²) in [4.78, 5) is 29.8. The Bertz CT molecular complexity index is 1160. The molecule has 1 saturated carbocycles. The highest BCUT2D eigenvalue weighted by atomic mass is 19.4. The van der Waals surface area contributed by atoms with Crippen molar-refractivity contribution in [1.82, 2.24) is 20.1 Å². The molecule has 2 aromatic rings. The maximum absolute atomic E-state index is 13.1. The van der Waals surface area contributed by atoms with Crippen LogP contribution in [0.1, 0.15) is 48.2 Å². The van der Waals surface area contributed by atoms with Crippen LogP contribution in [0.15, 0.2) is 71.8 Å². The third-order valence-electron chi connectivity index (χ3n) is 5.53. The maximum atomic E-state index is 13.1. The molecule has 7 nitrogen and oxygen atoms in total. The van der Waals surface area contributed by atoms with Gasteiger partial charge in [0.15, 0.2) is 0 Å². The number of hydrogen-bond donors (Lipinski definition) is 2. The number of pyridine rings is 1. The molecule has 2 aromatic heterocycles. The number of nitrogens with one attached hydrogen (secondary N) is 1. The summed E-state index contributed by atoms with van der Waals surface area (Å²) in [6.45, 7) is 5.00. The van der Waals surface area contributed by atoms with Gasteiger partial charge in [0.1, 0.15) is 5.56 Å². The van der Waals surface area contributed by atoms with Crippen LogP contribution in [0.4, 0.5) is 13.2 Å². The first-order valence-electron chi connectivity index (χ1n) is 10.7. The fraction of sp³-hybridized carbons (Fsp3) is 0.333. The van der Waals surface area contributed by atoms with Gasteiger partial charge in [-0.1, -0.05) is 37.8 Å². The van der Waals surface area contributed by atoms with E-state index in [1.165, 1.54) is 30.6 Å². The maximum Gasteiger partial charge on any atom is 0.412 e. The van der Waals surface area contributed by atoms with E-state index in [0.29, 0.717) is 24.2 Å². The fourth-order valence-corrected chi connectivity index (χ4v) is 3.37. The van der Waals surface area contributed by atoms with Crippen molar-refractivity contribution in [2.75, 3.05) is 0 Å². The molecule has 0 aliphatic heterocycles. The van der Waals surface area contributed by atoms with Crippen molar-refractivity contribution in [3.8, 4) is 5.69 Å². The van der Waals surface area contributed by atoms with Crippen LogP contribution in [0.5, 0.6) is 0 Å². The van der Waals surface area contributed by atoms with Crippen molar-refractivity contribution in [2.24, 2.45) is 0 Å². The highest BCUT2D eigenvalue weighted by Gasteiger charge is 2.32. The van der Waals surface area contributed by atoms with Crippen LogP contribution < -0.4 is 10.9 Å². The van der Waals surface area contributed by atoms with E-state index in [4.69, 9.17) is 0 Å². The minimum atomic E-state index is -4.48. The highest BCUT2D eigenvalue weighted by molar-refractivity contribution is 5.94. The van der Waals surface area contributed by atoms with Crippen molar-refractivity contribution in [3.63, 3.8) is 0 Å². The van der Waals surface area contributed by atoms with Crippen molar-refractivity contribution in [1.29, 1.82) is 0 Å². The third kappa shape index (κ3) is 5.88. The Labute approximate surface area is 194 Å². The first-order chi connectivity index (χ1) is 16.1.